The highest BCUT2D eigenvalue weighted by molar-refractivity contribution is 9.10. The van der Waals surface area contributed by atoms with Crippen molar-refractivity contribution < 1.29 is 9.90 Å². The van der Waals surface area contributed by atoms with Crippen molar-refractivity contribution in [3.8, 4) is 11.9 Å². The third-order valence-electron chi connectivity index (χ3n) is 4.13. The molecule has 1 aromatic carbocycles. The predicted octanol–water partition coefficient (Wildman–Crippen LogP) is 3.92. The lowest BCUT2D eigenvalue weighted by Gasteiger charge is -2.16. The van der Waals surface area contributed by atoms with E-state index in [2.05, 4.69) is 15.9 Å². The number of hydrogen-bond acceptors (Lipinski definition) is 4. The Morgan fingerprint density at radius 2 is 2.00 bits per heavy atom. The van der Waals surface area contributed by atoms with E-state index in [1.165, 1.54) is 6.92 Å². The molecule has 1 heterocycles. The van der Waals surface area contributed by atoms with Crippen molar-refractivity contribution in [1.29, 1.82) is 5.26 Å². The maximum Gasteiger partial charge on any atom is 0.271 e. The number of carbonyl (C=O) groups excluding carboxylic acids is 1. The molecule has 0 aliphatic rings. The van der Waals surface area contributed by atoms with E-state index < -0.39 is 11.3 Å². The maximum absolute atomic E-state index is 13.0. The van der Waals surface area contributed by atoms with Crippen molar-refractivity contribution in [1.82, 2.24) is 4.57 Å². The molecule has 1 aromatic heterocycles. The van der Waals surface area contributed by atoms with Crippen LogP contribution in [0.4, 0.5) is 0 Å². The molecule has 130 valence electrons. The molecule has 1 N–H and O–H groups in total. The first-order valence-electron chi connectivity index (χ1n) is 8.09. The summed E-state index contributed by atoms with van der Waals surface area (Å²) in [6, 6.07) is 8.72. The first-order valence-corrected chi connectivity index (χ1v) is 8.89. The fraction of sp³-hybridized carbons (Fsp3) is 0.316. The number of nitrogens with zero attached hydrogens (tertiary/aromatic N) is 2. The Balaban J connectivity index is 2.67. The molecule has 0 fully saturated rings. The Labute approximate surface area is 154 Å². The van der Waals surface area contributed by atoms with Gasteiger partial charge in [0.05, 0.1) is 5.56 Å². The van der Waals surface area contributed by atoms with Crippen molar-refractivity contribution in [3.05, 3.63) is 61.3 Å². The molecule has 0 aliphatic carbocycles. The normalized spacial score (nSPS) is 10.5. The third kappa shape index (κ3) is 3.67. The van der Waals surface area contributed by atoms with Crippen LogP contribution in [0.1, 0.15) is 53.2 Å². The van der Waals surface area contributed by atoms with Gasteiger partial charge in [-0.2, -0.15) is 5.26 Å². The summed E-state index contributed by atoms with van der Waals surface area (Å²) in [6.07, 6.45) is 2.52. The van der Waals surface area contributed by atoms with Crippen LogP contribution in [0.25, 0.3) is 0 Å². The summed E-state index contributed by atoms with van der Waals surface area (Å²) < 4.78 is 1.71. The molecular weight excluding hydrogens is 384 g/mol. The molecule has 0 aliphatic heterocycles. The van der Waals surface area contributed by atoms with Crippen molar-refractivity contribution in [2.75, 3.05) is 0 Å². The van der Waals surface area contributed by atoms with Crippen molar-refractivity contribution in [2.24, 2.45) is 0 Å². The number of halogens is 1. The van der Waals surface area contributed by atoms with Gasteiger partial charge >= 0.3 is 0 Å². The first-order chi connectivity index (χ1) is 11.9. The van der Waals surface area contributed by atoms with Gasteiger partial charge < -0.3 is 5.11 Å². The van der Waals surface area contributed by atoms with Gasteiger partial charge in [-0.15, -0.1) is 0 Å². The third-order valence-corrected chi connectivity index (χ3v) is 4.82. The minimum Gasteiger partial charge on any atom is -0.494 e. The molecule has 0 unspecified atom stereocenters. The summed E-state index contributed by atoms with van der Waals surface area (Å²) in [7, 11) is 0. The van der Waals surface area contributed by atoms with Crippen LogP contribution in [0.2, 0.25) is 0 Å². The van der Waals surface area contributed by atoms with Crippen LogP contribution in [0.15, 0.2) is 33.5 Å². The molecule has 2 aromatic rings. The number of hydrogen-bond donors (Lipinski definition) is 1. The summed E-state index contributed by atoms with van der Waals surface area (Å²) in [5, 5.41) is 20.0. The molecule has 0 amide bonds. The van der Waals surface area contributed by atoms with E-state index >= 15 is 0 Å². The van der Waals surface area contributed by atoms with Crippen molar-refractivity contribution >= 4 is 21.7 Å². The number of ketones is 1. The second kappa shape index (κ2) is 8.13. The van der Waals surface area contributed by atoms with Crippen LogP contribution in [0, 0.1) is 18.3 Å². The molecule has 5 nitrogen and oxygen atoms in total. The minimum absolute atomic E-state index is 0.000418. The monoisotopic (exact) mass is 402 g/mol. The molecule has 0 radical (unpaired) electrons. The van der Waals surface area contributed by atoms with E-state index in [4.69, 9.17) is 0 Å². The van der Waals surface area contributed by atoms with Gasteiger partial charge in [-0.3, -0.25) is 14.2 Å². The van der Waals surface area contributed by atoms with Crippen LogP contribution in [-0.4, -0.2) is 15.5 Å². The highest BCUT2D eigenvalue weighted by atomic mass is 79.9. The molecule has 2 rings (SSSR count). The largest absolute Gasteiger partial charge is 0.494 e. The Morgan fingerprint density at radius 1 is 1.32 bits per heavy atom. The van der Waals surface area contributed by atoms with Gasteiger partial charge in [-0.25, -0.2) is 0 Å². The molecule has 0 atom stereocenters. The number of carbonyl (C=O) groups is 1. The maximum atomic E-state index is 13.0. The Bertz CT molecular complexity index is 910. The number of pyridine rings is 1. The van der Waals surface area contributed by atoms with Gasteiger partial charge in [0.25, 0.3) is 5.56 Å². The lowest BCUT2D eigenvalue weighted by molar-refractivity contribution is 0.103. The van der Waals surface area contributed by atoms with Crippen LogP contribution in [0.5, 0.6) is 5.88 Å². The minimum atomic E-state index is -0.558. The number of aromatic nitrogens is 1. The topological polar surface area (TPSA) is 83.1 Å². The Morgan fingerprint density at radius 3 is 2.60 bits per heavy atom. The quantitative estimate of drug-likeness (QED) is 0.586. The van der Waals surface area contributed by atoms with Gasteiger partial charge in [-0.05, 0) is 31.0 Å². The average Bonchev–Trinajstić information content (AvgIpc) is 2.58. The van der Waals surface area contributed by atoms with E-state index in [0.29, 0.717) is 16.5 Å². The predicted molar refractivity (Wildman–Crippen MR) is 98.9 cm³/mol. The SMILES string of the molecule is CCCCCn1c(O)c(C(=O)c2ccccc2Br)c(C)c(C#N)c1=O. The van der Waals surface area contributed by atoms with E-state index in [1.54, 1.807) is 24.3 Å². The number of rotatable bonds is 6. The van der Waals surface area contributed by atoms with Gasteiger partial charge in [0, 0.05) is 16.6 Å². The Hall–Kier alpha value is -2.39. The number of benzene rings is 1. The summed E-state index contributed by atoms with van der Waals surface area (Å²) >= 11 is 3.33. The molecule has 6 heteroatoms. The van der Waals surface area contributed by atoms with Crippen LogP contribution >= 0.6 is 15.9 Å². The second-order valence-corrected chi connectivity index (χ2v) is 6.64. The standard InChI is InChI=1S/C19H19BrN2O3/c1-3-4-7-10-22-18(24)14(11-21)12(2)16(19(22)25)17(23)13-8-5-6-9-15(13)20/h5-6,8-9,25H,3-4,7,10H2,1-2H3. The fourth-order valence-electron chi connectivity index (χ4n) is 2.73. The molecule has 0 bridgehead atoms. The summed E-state index contributed by atoms with van der Waals surface area (Å²) in [5.74, 6) is -0.804. The molecule has 25 heavy (non-hydrogen) atoms. The van der Waals surface area contributed by atoms with Crippen molar-refractivity contribution in [3.63, 3.8) is 0 Å². The van der Waals surface area contributed by atoms with Gasteiger partial charge in [0.1, 0.15) is 11.6 Å². The highest BCUT2D eigenvalue weighted by Gasteiger charge is 2.25. The highest BCUT2D eigenvalue weighted by Crippen LogP contribution is 2.28. The zero-order chi connectivity index (χ0) is 18.6. The fourth-order valence-corrected chi connectivity index (χ4v) is 3.19. The Kier molecular flexibility index (Phi) is 6.16. The average molecular weight is 403 g/mol. The summed E-state index contributed by atoms with van der Waals surface area (Å²) in [4.78, 5) is 25.4. The zero-order valence-electron chi connectivity index (χ0n) is 14.2. The van der Waals surface area contributed by atoms with Gasteiger partial charge in [0.15, 0.2) is 5.78 Å². The smallest absolute Gasteiger partial charge is 0.271 e. The van der Waals surface area contributed by atoms with Crippen LogP contribution in [0.3, 0.4) is 0 Å². The van der Waals surface area contributed by atoms with E-state index in [1.807, 2.05) is 13.0 Å². The van der Waals surface area contributed by atoms with Crippen molar-refractivity contribution in [2.45, 2.75) is 39.7 Å². The zero-order valence-corrected chi connectivity index (χ0v) is 15.8. The molecular formula is C19H19BrN2O3. The van der Waals surface area contributed by atoms with Crippen LogP contribution in [-0.2, 0) is 6.54 Å². The first kappa shape index (κ1) is 18.9. The molecule has 0 saturated heterocycles. The second-order valence-electron chi connectivity index (χ2n) is 5.78. The van der Waals surface area contributed by atoms with Crippen LogP contribution < -0.4 is 5.56 Å². The lowest BCUT2D eigenvalue weighted by atomic mass is 9.97. The number of nitriles is 1. The van der Waals surface area contributed by atoms with E-state index in [9.17, 15) is 20.0 Å². The lowest BCUT2D eigenvalue weighted by Crippen LogP contribution is -2.27. The van der Waals surface area contributed by atoms with Gasteiger partial charge in [-0.1, -0.05) is 47.8 Å². The number of unbranched alkanes of at least 4 members (excludes halogenated alkanes) is 2. The summed E-state index contributed by atoms with van der Waals surface area (Å²) in [5.41, 5.74) is -0.0948. The molecule has 0 saturated carbocycles. The number of aromatic hydroxyl groups is 1. The molecule has 0 spiro atoms. The summed E-state index contributed by atoms with van der Waals surface area (Å²) in [6.45, 7) is 3.81. The van der Waals surface area contributed by atoms with E-state index in [-0.39, 0.29) is 29.1 Å². The van der Waals surface area contributed by atoms with E-state index in [0.717, 1.165) is 17.4 Å². The van der Waals surface area contributed by atoms with Gasteiger partial charge in [0.2, 0.25) is 5.88 Å².